The van der Waals surface area contributed by atoms with Gasteiger partial charge in [0.15, 0.2) is 5.69 Å². The number of carbonyl (C=O) groups excluding carboxylic acids is 2. The highest BCUT2D eigenvalue weighted by Crippen LogP contribution is 2.19. The molecular formula is C21H22N4O3S. The van der Waals surface area contributed by atoms with Crippen LogP contribution in [0.2, 0.25) is 0 Å². The highest BCUT2D eigenvalue weighted by atomic mass is 32.1. The molecule has 3 rings (SSSR count). The van der Waals surface area contributed by atoms with Crippen LogP contribution in [-0.4, -0.2) is 35.1 Å². The first-order chi connectivity index (χ1) is 14.1. The smallest absolute Gasteiger partial charge is 0.280 e. The van der Waals surface area contributed by atoms with Crippen molar-refractivity contribution < 1.29 is 14.3 Å². The van der Waals surface area contributed by atoms with Gasteiger partial charge in [0.05, 0.1) is 7.11 Å². The van der Waals surface area contributed by atoms with E-state index in [1.807, 2.05) is 55.5 Å². The molecule has 0 fully saturated rings. The maximum Gasteiger partial charge on any atom is 0.280 e. The van der Waals surface area contributed by atoms with E-state index in [1.54, 1.807) is 12.5 Å². The molecule has 0 saturated heterocycles. The summed E-state index contributed by atoms with van der Waals surface area (Å²) in [6.45, 7) is 2.29. The van der Waals surface area contributed by atoms with Crippen molar-refractivity contribution in [1.82, 2.24) is 14.9 Å². The van der Waals surface area contributed by atoms with Crippen LogP contribution in [0, 0.1) is 0 Å². The Hall–Kier alpha value is -3.26. The molecule has 0 aliphatic heterocycles. The number of aromatic nitrogens is 2. The SMILES string of the molecule is CCc1cccc(N(CC(=O)NCc2ccc(OC)cc2)C(=O)c2csnn2)c1. The maximum absolute atomic E-state index is 12.9. The fourth-order valence-corrected chi connectivity index (χ4v) is 3.19. The molecule has 1 N–H and O–H groups in total. The minimum absolute atomic E-state index is 0.111. The molecule has 0 radical (unpaired) electrons. The molecule has 7 nitrogen and oxygen atoms in total. The molecule has 2 amide bonds. The summed E-state index contributed by atoms with van der Waals surface area (Å²) >= 11 is 1.10. The van der Waals surface area contributed by atoms with Gasteiger partial charge in [-0.25, -0.2) is 0 Å². The van der Waals surface area contributed by atoms with Gasteiger partial charge in [-0.15, -0.1) is 5.10 Å². The van der Waals surface area contributed by atoms with Crippen molar-refractivity contribution in [2.24, 2.45) is 0 Å². The number of amides is 2. The molecule has 1 aromatic heterocycles. The highest BCUT2D eigenvalue weighted by molar-refractivity contribution is 7.03. The van der Waals surface area contributed by atoms with E-state index < -0.39 is 0 Å². The van der Waals surface area contributed by atoms with E-state index in [-0.39, 0.29) is 24.1 Å². The van der Waals surface area contributed by atoms with Crippen molar-refractivity contribution in [3.8, 4) is 5.75 Å². The van der Waals surface area contributed by atoms with Crippen LogP contribution in [0.5, 0.6) is 5.75 Å². The summed E-state index contributed by atoms with van der Waals surface area (Å²) in [4.78, 5) is 26.9. The van der Waals surface area contributed by atoms with Gasteiger partial charge in [-0.05, 0) is 53.3 Å². The Labute approximate surface area is 173 Å². The third kappa shape index (κ3) is 5.39. The molecule has 29 heavy (non-hydrogen) atoms. The monoisotopic (exact) mass is 410 g/mol. The van der Waals surface area contributed by atoms with Crippen LogP contribution in [0.1, 0.15) is 28.5 Å². The number of nitrogens with zero attached hydrogens (tertiary/aromatic N) is 3. The molecule has 0 unspecified atom stereocenters. The lowest BCUT2D eigenvalue weighted by molar-refractivity contribution is -0.119. The molecule has 3 aromatic rings. The molecule has 2 aromatic carbocycles. The molecule has 0 bridgehead atoms. The van der Waals surface area contributed by atoms with Crippen LogP contribution in [0.15, 0.2) is 53.9 Å². The first-order valence-electron chi connectivity index (χ1n) is 9.18. The Morgan fingerprint density at radius 3 is 2.59 bits per heavy atom. The van der Waals surface area contributed by atoms with Crippen molar-refractivity contribution in [3.05, 3.63) is 70.7 Å². The Morgan fingerprint density at radius 2 is 1.93 bits per heavy atom. The van der Waals surface area contributed by atoms with Crippen molar-refractivity contribution in [2.45, 2.75) is 19.9 Å². The zero-order chi connectivity index (χ0) is 20.6. The standard InChI is InChI=1S/C21H22N4O3S/c1-3-15-5-4-6-17(11-15)25(21(27)19-14-29-24-23-19)13-20(26)22-12-16-7-9-18(28-2)10-8-16/h4-11,14H,3,12-13H2,1-2H3,(H,22,26). The van der Waals surface area contributed by atoms with Crippen molar-refractivity contribution in [1.29, 1.82) is 0 Å². The van der Waals surface area contributed by atoms with E-state index in [9.17, 15) is 9.59 Å². The fraction of sp³-hybridized carbons (Fsp3) is 0.238. The average Bonchev–Trinajstić information content (AvgIpc) is 3.31. The number of ether oxygens (including phenoxy) is 1. The van der Waals surface area contributed by atoms with Crippen molar-refractivity contribution in [3.63, 3.8) is 0 Å². The van der Waals surface area contributed by atoms with Crippen LogP contribution in [0.4, 0.5) is 5.69 Å². The van der Waals surface area contributed by atoms with Crippen molar-refractivity contribution in [2.75, 3.05) is 18.6 Å². The van der Waals surface area contributed by atoms with Gasteiger partial charge in [0, 0.05) is 17.6 Å². The predicted molar refractivity (Wildman–Crippen MR) is 112 cm³/mol. The zero-order valence-electron chi connectivity index (χ0n) is 16.3. The first kappa shape index (κ1) is 20.5. The number of hydrogen-bond acceptors (Lipinski definition) is 6. The van der Waals surface area contributed by atoms with Gasteiger partial charge in [-0.3, -0.25) is 14.5 Å². The van der Waals surface area contributed by atoms with Crippen LogP contribution in [-0.2, 0) is 17.8 Å². The van der Waals surface area contributed by atoms with E-state index in [2.05, 4.69) is 14.9 Å². The second-order valence-electron chi connectivity index (χ2n) is 6.33. The summed E-state index contributed by atoms with van der Waals surface area (Å²) in [5, 5.41) is 8.29. The number of benzene rings is 2. The number of anilines is 1. The van der Waals surface area contributed by atoms with Crippen LogP contribution < -0.4 is 15.0 Å². The largest absolute Gasteiger partial charge is 0.497 e. The summed E-state index contributed by atoms with van der Waals surface area (Å²) in [6.07, 6.45) is 0.831. The molecule has 150 valence electrons. The average molecular weight is 410 g/mol. The minimum atomic E-state index is -0.355. The number of rotatable bonds is 8. The molecule has 1 heterocycles. The number of carbonyl (C=O) groups is 2. The van der Waals surface area contributed by atoms with E-state index in [0.717, 1.165) is 34.8 Å². The fourth-order valence-electron chi connectivity index (χ4n) is 2.76. The van der Waals surface area contributed by atoms with E-state index in [1.165, 1.54) is 4.90 Å². The predicted octanol–water partition coefficient (Wildman–Crippen LogP) is 3.07. The lowest BCUT2D eigenvalue weighted by atomic mass is 10.1. The van der Waals surface area contributed by atoms with Gasteiger partial charge in [0.25, 0.3) is 5.91 Å². The van der Waals surface area contributed by atoms with E-state index >= 15 is 0 Å². The van der Waals surface area contributed by atoms with Gasteiger partial charge < -0.3 is 10.1 Å². The lowest BCUT2D eigenvalue weighted by Gasteiger charge is -2.22. The lowest BCUT2D eigenvalue weighted by Crippen LogP contribution is -2.41. The molecule has 0 saturated carbocycles. The van der Waals surface area contributed by atoms with Gasteiger partial charge in [0.2, 0.25) is 5.91 Å². The third-order valence-corrected chi connectivity index (χ3v) is 4.91. The summed E-state index contributed by atoms with van der Waals surface area (Å²) in [7, 11) is 1.60. The van der Waals surface area contributed by atoms with Crippen molar-refractivity contribution >= 4 is 29.0 Å². The quantitative estimate of drug-likeness (QED) is 0.617. The topological polar surface area (TPSA) is 84.4 Å². The Balaban J connectivity index is 1.73. The van der Waals surface area contributed by atoms with E-state index in [4.69, 9.17) is 4.74 Å². The normalized spacial score (nSPS) is 10.4. The molecular weight excluding hydrogens is 388 g/mol. The molecule has 0 aliphatic rings. The van der Waals surface area contributed by atoms with Crippen LogP contribution in [0.3, 0.4) is 0 Å². The molecule has 0 aliphatic carbocycles. The van der Waals surface area contributed by atoms with Crippen LogP contribution in [0.25, 0.3) is 0 Å². The number of nitrogens with one attached hydrogen (secondary N) is 1. The number of hydrogen-bond donors (Lipinski definition) is 1. The Morgan fingerprint density at radius 1 is 1.14 bits per heavy atom. The summed E-state index contributed by atoms with van der Waals surface area (Å²) in [5.41, 5.74) is 2.89. The summed E-state index contributed by atoms with van der Waals surface area (Å²) < 4.78 is 8.89. The minimum Gasteiger partial charge on any atom is -0.497 e. The second kappa shape index (κ2) is 9.79. The number of methoxy groups -OCH3 is 1. The molecule has 0 atom stereocenters. The van der Waals surface area contributed by atoms with Gasteiger partial charge >= 0.3 is 0 Å². The van der Waals surface area contributed by atoms with Gasteiger partial charge in [-0.2, -0.15) is 0 Å². The Kier molecular flexibility index (Phi) is 6.91. The van der Waals surface area contributed by atoms with Gasteiger partial charge in [-0.1, -0.05) is 35.7 Å². The maximum atomic E-state index is 12.9. The zero-order valence-corrected chi connectivity index (χ0v) is 17.1. The molecule has 8 heteroatoms. The second-order valence-corrected chi connectivity index (χ2v) is 6.94. The molecule has 0 spiro atoms. The van der Waals surface area contributed by atoms with Crippen LogP contribution >= 0.6 is 11.5 Å². The van der Waals surface area contributed by atoms with E-state index in [0.29, 0.717) is 12.2 Å². The number of aryl methyl sites for hydroxylation is 1. The summed E-state index contributed by atoms with van der Waals surface area (Å²) in [6, 6.07) is 15.0. The third-order valence-electron chi connectivity index (χ3n) is 4.41. The Bertz CT molecular complexity index is 958. The first-order valence-corrected chi connectivity index (χ1v) is 10.0. The highest BCUT2D eigenvalue weighted by Gasteiger charge is 2.23. The van der Waals surface area contributed by atoms with Gasteiger partial charge in [0.1, 0.15) is 12.3 Å². The summed E-state index contributed by atoms with van der Waals surface area (Å²) in [5.74, 6) is 0.135.